The third-order valence-electron chi connectivity index (χ3n) is 4.21. The van der Waals surface area contributed by atoms with Gasteiger partial charge in [0, 0.05) is 29.1 Å². The summed E-state index contributed by atoms with van der Waals surface area (Å²) in [6.07, 6.45) is 0. The van der Waals surface area contributed by atoms with Gasteiger partial charge in [-0.3, -0.25) is 4.79 Å². The van der Waals surface area contributed by atoms with Crippen molar-refractivity contribution >= 4 is 11.5 Å². The molecule has 0 saturated carbocycles. The number of ether oxygens (including phenoxy) is 1. The third-order valence-corrected chi connectivity index (χ3v) is 4.21. The molecule has 2 aromatic carbocycles. The first-order valence-electron chi connectivity index (χ1n) is 8.56. The molecule has 0 unspecified atom stereocenters. The number of aromatic amines is 1. The summed E-state index contributed by atoms with van der Waals surface area (Å²) in [6.45, 7) is 2.46. The van der Waals surface area contributed by atoms with Crippen LogP contribution in [0.3, 0.4) is 0 Å². The van der Waals surface area contributed by atoms with E-state index in [-0.39, 0.29) is 5.56 Å². The van der Waals surface area contributed by atoms with Crippen molar-refractivity contribution in [3.8, 4) is 17.1 Å². The highest BCUT2D eigenvalue weighted by molar-refractivity contribution is 5.58. The van der Waals surface area contributed by atoms with E-state index in [1.807, 2.05) is 55.5 Å². The highest BCUT2D eigenvalue weighted by atomic mass is 16.5. The van der Waals surface area contributed by atoms with Crippen LogP contribution in [0.4, 0.5) is 5.69 Å². The molecule has 7 heteroatoms. The number of methoxy groups -OCH3 is 1. The van der Waals surface area contributed by atoms with E-state index < -0.39 is 0 Å². The van der Waals surface area contributed by atoms with Gasteiger partial charge in [0.25, 0.3) is 5.56 Å². The van der Waals surface area contributed by atoms with Crippen LogP contribution in [0.5, 0.6) is 5.75 Å². The van der Waals surface area contributed by atoms with Crippen LogP contribution < -0.4 is 15.6 Å². The number of fused-ring (bicyclic) bond motifs is 1. The summed E-state index contributed by atoms with van der Waals surface area (Å²) >= 11 is 0. The highest BCUT2D eigenvalue weighted by Crippen LogP contribution is 2.18. The van der Waals surface area contributed by atoms with Crippen molar-refractivity contribution in [3.63, 3.8) is 0 Å². The summed E-state index contributed by atoms with van der Waals surface area (Å²) in [5, 5.41) is 7.60. The Morgan fingerprint density at radius 3 is 2.81 bits per heavy atom. The molecule has 136 valence electrons. The normalized spacial score (nSPS) is 10.9. The smallest absolute Gasteiger partial charge is 0.275 e. The summed E-state index contributed by atoms with van der Waals surface area (Å²) in [6, 6.07) is 17.0. The molecule has 0 amide bonds. The van der Waals surface area contributed by atoms with Crippen molar-refractivity contribution in [1.82, 2.24) is 19.6 Å². The molecule has 0 radical (unpaired) electrons. The number of nitrogens with one attached hydrogen (secondary N) is 2. The molecule has 4 aromatic rings. The predicted molar refractivity (Wildman–Crippen MR) is 104 cm³/mol. The second-order valence-electron chi connectivity index (χ2n) is 6.26. The SMILES string of the molecule is COc1cccc(NCc2cc(=O)n3nc(-c4cccc(C)c4)nc3[nH]2)c1. The second-order valence-corrected chi connectivity index (χ2v) is 6.26. The molecule has 0 bridgehead atoms. The number of H-pyrrole nitrogens is 1. The Balaban J connectivity index is 1.62. The minimum atomic E-state index is -0.224. The Bertz CT molecular complexity index is 1160. The molecule has 0 saturated heterocycles. The Morgan fingerprint density at radius 2 is 2.00 bits per heavy atom. The molecular weight excluding hydrogens is 342 g/mol. The zero-order valence-electron chi connectivity index (χ0n) is 15.1. The number of aryl methyl sites for hydroxylation is 1. The van der Waals surface area contributed by atoms with Gasteiger partial charge in [0.2, 0.25) is 5.78 Å². The van der Waals surface area contributed by atoms with Crippen molar-refractivity contribution in [2.24, 2.45) is 0 Å². The molecule has 0 aliphatic carbocycles. The number of anilines is 1. The fraction of sp³-hybridized carbons (Fsp3) is 0.150. The standard InChI is InChI=1S/C20H19N5O2/c1-13-5-3-6-14(9-13)19-23-20-22-16(11-18(26)25(20)24-19)12-21-15-7-4-8-17(10-15)27-2/h3-11,21H,12H2,1-2H3,(H,22,23,24). The third kappa shape index (κ3) is 3.52. The number of hydrogen-bond acceptors (Lipinski definition) is 5. The van der Waals surface area contributed by atoms with Crippen molar-refractivity contribution < 1.29 is 4.74 Å². The molecule has 2 aromatic heterocycles. The largest absolute Gasteiger partial charge is 0.497 e. The van der Waals surface area contributed by atoms with Gasteiger partial charge in [0.1, 0.15) is 5.75 Å². The average molecular weight is 361 g/mol. The first kappa shape index (κ1) is 16.8. The van der Waals surface area contributed by atoms with Gasteiger partial charge >= 0.3 is 0 Å². The fourth-order valence-electron chi connectivity index (χ4n) is 2.87. The monoisotopic (exact) mass is 361 g/mol. The minimum absolute atomic E-state index is 0.224. The first-order chi connectivity index (χ1) is 13.1. The van der Waals surface area contributed by atoms with Crippen LogP contribution in [0.15, 0.2) is 59.4 Å². The molecule has 0 atom stereocenters. The highest BCUT2D eigenvalue weighted by Gasteiger charge is 2.10. The summed E-state index contributed by atoms with van der Waals surface area (Å²) in [7, 11) is 1.63. The average Bonchev–Trinajstić information content (AvgIpc) is 3.11. The molecule has 4 rings (SSSR count). The summed E-state index contributed by atoms with van der Waals surface area (Å²) in [5.41, 5.74) is 3.39. The van der Waals surface area contributed by atoms with E-state index in [0.717, 1.165) is 28.3 Å². The number of hydrogen-bond donors (Lipinski definition) is 2. The zero-order valence-corrected chi connectivity index (χ0v) is 15.1. The molecule has 2 heterocycles. The van der Waals surface area contributed by atoms with Gasteiger partial charge in [-0.25, -0.2) is 0 Å². The minimum Gasteiger partial charge on any atom is -0.497 e. The molecular formula is C20H19N5O2. The Hall–Kier alpha value is -3.61. The van der Waals surface area contributed by atoms with Gasteiger partial charge in [0.05, 0.1) is 13.7 Å². The van der Waals surface area contributed by atoms with Crippen LogP contribution in [0.2, 0.25) is 0 Å². The van der Waals surface area contributed by atoms with Crippen molar-refractivity contribution in [3.05, 3.63) is 76.2 Å². The van der Waals surface area contributed by atoms with Crippen LogP contribution >= 0.6 is 0 Å². The van der Waals surface area contributed by atoms with Gasteiger partial charge in [-0.1, -0.05) is 29.8 Å². The van der Waals surface area contributed by atoms with E-state index in [9.17, 15) is 4.79 Å². The molecule has 0 spiro atoms. The van der Waals surface area contributed by atoms with Crippen LogP contribution in [0.1, 0.15) is 11.3 Å². The predicted octanol–water partition coefficient (Wildman–Crippen LogP) is 3.01. The first-order valence-corrected chi connectivity index (χ1v) is 8.56. The zero-order chi connectivity index (χ0) is 18.8. The van der Waals surface area contributed by atoms with Crippen LogP contribution in [-0.4, -0.2) is 26.7 Å². The van der Waals surface area contributed by atoms with Crippen LogP contribution in [0.25, 0.3) is 17.2 Å². The maximum Gasteiger partial charge on any atom is 0.275 e. The van der Waals surface area contributed by atoms with Crippen LogP contribution in [-0.2, 0) is 6.54 Å². The molecule has 0 aliphatic rings. The van der Waals surface area contributed by atoms with Crippen molar-refractivity contribution in [2.75, 3.05) is 12.4 Å². The quantitative estimate of drug-likeness (QED) is 0.571. The summed E-state index contributed by atoms with van der Waals surface area (Å²) in [4.78, 5) is 20.1. The lowest BCUT2D eigenvalue weighted by Gasteiger charge is -2.08. The molecule has 7 nitrogen and oxygen atoms in total. The van der Waals surface area contributed by atoms with Gasteiger partial charge in [-0.15, -0.1) is 5.10 Å². The Morgan fingerprint density at radius 1 is 1.15 bits per heavy atom. The van der Waals surface area contributed by atoms with Crippen molar-refractivity contribution in [2.45, 2.75) is 13.5 Å². The van der Waals surface area contributed by atoms with Crippen LogP contribution in [0, 0.1) is 6.92 Å². The number of nitrogens with zero attached hydrogens (tertiary/aromatic N) is 3. The molecule has 0 aliphatic heterocycles. The maximum absolute atomic E-state index is 12.4. The molecule has 27 heavy (non-hydrogen) atoms. The maximum atomic E-state index is 12.4. The lowest BCUT2D eigenvalue weighted by atomic mass is 10.1. The second kappa shape index (κ2) is 6.95. The lowest BCUT2D eigenvalue weighted by molar-refractivity contribution is 0.415. The van der Waals surface area contributed by atoms with Crippen molar-refractivity contribution in [1.29, 1.82) is 0 Å². The van der Waals surface area contributed by atoms with Gasteiger partial charge in [0.15, 0.2) is 5.82 Å². The topological polar surface area (TPSA) is 84.3 Å². The van der Waals surface area contributed by atoms with E-state index in [1.165, 1.54) is 10.6 Å². The number of rotatable bonds is 5. The van der Waals surface area contributed by atoms with Gasteiger partial charge < -0.3 is 15.0 Å². The van der Waals surface area contributed by atoms with E-state index in [1.54, 1.807) is 7.11 Å². The number of benzene rings is 2. The fourth-order valence-corrected chi connectivity index (χ4v) is 2.87. The van der Waals surface area contributed by atoms with E-state index >= 15 is 0 Å². The Labute approximate surface area is 155 Å². The van der Waals surface area contributed by atoms with Gasteiger partial charge in [-0.05, 0) is 25.1 Å². The van der Waals surface area contributed by atoms with E-state index in [2.05, 4.69) is 20.4 Å². The molecule has 2 N–H and O–H groups in total. The molecule has 0 fully saturated rings. The van der Waals surface area contributed by atoms with E-state index in [4.69, 9.17) is 4.74 Å². The summed E-state index contributed by atoms with van der Waals surface area (Å²) in [5.74, 6) is 1.70. The Kier molecular flexibility index (Phi) is 4.33. The van der Waals surface area contributed by atoms with E-state index in [0.29, 0.717) is 18.1 Å². The lowest BCUT2D eigenvalue weighted by Crippen LogP contribution is -2.17. The summed E-state index contributed by atoms with van der Waals surface area (Å²) < 4.78 is 6.50. The number of aromatic nitrogens is 4. The van der Waals surface area contributed by atoms with Gasteiger partial charge in [-0.2, -0.15) is 9.50 Å².